The molecule has 114 valence electrons. The van der Waals surface area contributed by atoms with Crippen LogP contribution in [0.1, 0.15) is 32.8 Å². The Balaban J connectivity index is 2.22. The number of anilines is 1. The zero-order valence-electron chi connectivity index (χ0n) is 13.0. The van der Waals surface area contributed by atoms with Crippen LogP contribution in [0.2, 0.25) is 0 Å². The molecule has 2 rings (SSSR count). The van der Waals surface area contributed by atoms with Gasteiger partial charge in [-0.2, -0.15) is 0 Å². The van der Waals surface area contributed by atoms with E-state index in [4.69, 9.17) is 10.5 Å². The van der Waals surface area contributed by atoms with E-state index in [-0.39, 0.29) is 30.7 Å². The molecule has 1 unspecified atom stereocenters. The molecule has 0 radical (unpaired) electrons. The minimum absolute atomic E-state index is 0.100. The number of carbonyl (C=O) groups is 2. The van der Waals surface area contributed by atoms with Crippen molar-refractivity contribution in [2.24, 2.45) is 11.3 Å². The molecule has 0 bridgehead atoms. The predicted octanol–water partition coefficient (Wildman–Crippen LogP) is 2.20. The van der Waals surface area contributed by atoms with Crippen LogP contribution in [0.4, 0.5) is 5.69 Å². The quantitative estimate of drug-likeness (QED) is 0.681. The fourth-order valence-corrected chi connectivity index (χ4v) is 2.58. The molecule has 2 amide bonds. The first-order chi connectivity index (χ1) is 9.79. The molecule has 5 heteroatoms. The Morgan fingerprint density at radius 3 is 2.52 bits per heavy atom. The number of methoxy groups -OCH3 is 1. The number of ether oxygens (including phenoxy) is 1. The highest BCUT2D eigenvalue weighted by Crippen LogP contribution is 2.40. The first kappa shape index (κ1) is 15.4. The van der Waals surface area contributed by atoms with E-state index in [9.17, 15) is 9.59 Å². The third kappa shape index (κ3) is 2.60. The zero-order valence-corrected chi connectivity index (χ0v) is 13.0. The van der Waals surface area contributed by atoms with Gasteiger partial charge in [0.05, 0.1) is 24.8 Å². The fourth-order valence-electron chi connectivity index (χ4n) is 2.58. The Bertz CT molecular complexity index is 583. The summed E-state index contributed by atoms with van der Waals surface area (Å²) in [6.45, 7) is 6.06. The minimum Gasteiger partial charge on any atom is -0.495 e. The molecule has 0 saturated carbocycles. The summed E-state index contributed by atoms with van der Waals surface area (Å²) in [7, 11) is 1.55. The van der Waals surface area contributed by atoms with Gasteiger partial charge in [-0.15, -0.1) is 0 Å². The van der Waals surface area contributed by atoms with Crippen molar-refractivity contribution >= 4 is 17.5 Å². The van der Waals surface area contributed by atoms with Crippen LogP contribution in [0.15, 0.2) is 18.2 Å². The maximum absolute atomic E-state index is 12.5. The van der Waals surface area contributed by atoms with Crippen molar-refractivity contribution in [2.75, 3.05) is 12.8 Å². The van der Waals surface area contributed by atoms with E-state index >= 15 is 0 Å². The minimum atomic E-state index is -0.602. The second-order valence-electron chi connectivity index (χ2n) is 6.11. The van der Waals surface area contributed by atoms with E-state index in [1.54, 1.807) is 19.2 Å². The summed E-state index contributed by atoms with van der Waals surface area (Å²) in [5.74, 6) is 0.493. The molecule has 21 heavy (non-hydrogen) atoms. The number of likely N-dealkylation sites (tertiary alicyclic amines) is 1. The summed E-state index contributed by atoms with van der Waals surface area (Å²) in [4.78, 5) is 26.0. The summed E-state index contributed by atoms with van der Waals surface area (Å²) >= 11 is 0. The predicted molar refractivity (Wildman–Crippen MR) is 80.5 cm³/mol. The van der Waals surface area contributed by atoms with Gasteiger partial charge in [-0.1, -0.05) is 19.9 Å². The van der Waals surface area contributed by atoms with Crippen molar-refractivity contribution in [1.82, 2.24) is 4.90 Å². The number of nitrogens with zero attached hydrogens (tertiary/aromatic N) is 1. The summed E-state index contributed by atoms with van der Waals surface area (Å²) in [6, 6.07) is 5.31. The van der Waals surface area contributed by atoms with E-state index < -0.39 is 5.41 Å². The molecule has 1 saturated heterocycles. The molecule has 1 aromatic carbocycles. The lowest BCUT2D eigenvalue weighted by Gasteiger charge is -2.26. The van der Waals surface area contributed by atoms with Crippen LogP contribution in [-0.4, -0.2) is 23.8 Å². The molecule has 1 heterocycles. The third-order valence-electron chi connectivity index (χ3n) is 4.46. The molecule has 0 aromatic heterocycles. The van der Waals surface area contributed by atoms with Crippen molar-refractivity contribution in [3.8, 4) is 5.75 Å². The lowest BCUT2D eigenvalue weighted by atomic mass is 9.78. The molecule has 1 atom stereocenters. The smallest absolute Gasteiger partial charge is 0.236 e. The monoisotopic (exact) mass is 290 g/mol. The largest absolute Gasteiger partial charge is 0.495 e. The Hall–Kier alpha value is -2.04. The van der Waals surface area contributed by atoms with Gasteiger partial charge >= 0.3 is 0 Å². The number of hydrogen-bond acceptors (Lipinski definition) is 4. The van der Waals surface area contributed by atoms with E-state index in [1.807, 2.05) is 26.8 Å². The van der Waals surface area contributed by atoms with Gasteiger partial charge in [-0.3, -0.25) is 14.5 Å². The Morgan fingerprint density at radius 1 is 1.38 bits per heavy atom. The van der Waals surface area contributed by atoms with Gasteiger partial charge in [-0.25, -0.2) is 0 Å². The molecule has 0 aliphatic carbocycles. The van der Waals surface area contributed by atoms with Gasteiger partial charge in [0.15, 0.2) is 0 Å². The summed E-state index contributed by atoms with van der Waals surface area (Å²) in [5.41, 5.74) is 6.58. The highest BCUT2D eigenvalue weighted by Gasteiger charge is 2.49. The Morgan fingerprint density at radius 2 is 2.05 bits per heavy atom. The number of nitrogens with two attached hydrogens (primary N) is 1. The van der Waals surface area contributed by atoms with Gasteiger partial charge in [0.1, 0.15) is 5.75 Å². The number of amides is 2. The summed E-state index contributed by atoms with van der Waals surface area (Å²) < 4.78 is 5.10. The average Bonchev–Trinajstić information content (AvgIpc) is 2.64. The van der Waals surface area contributed by atoms with Gasteiger partial charge in [0.2, 0.25) is 11.8 Å². The van der Waals surface area contributed by atoms with Crippen LogP contribution < -0.4 is 10.5 Å². The van der Waals surface area contributed by atoms with E-state index in [0.717, 1.165) is 5.56 Å². The normalized spacial score (nSPS) is 22.2. The summed E-state index contributed by atoms with van der Waals surface area (Å²) in [5, 5.41) is 0. The first-order valence-electron chi connectivity index (χ1n) is 7.06. The lowest BCUT2D eigenvalue weighted by Crippen LogP contribution is -2.36. The maximum atomic E-state index is 12.5. The average molecular weight is 290 g/mol. The van der Waals surface area contributed by atoms with E-state index in [1.165, 1.54) is 4.90 Å². The molecule has 1 aliphatic heterocycles. The van der Waals surface area contributed by atoms with Crippen LogP contribution in [0.25, 0.3) is 0 Å². The zero-order chi connectivity index (χ0) is 15.8. The highest BCUT2D eigenvalue weighted by atomic mass is 16.5. The van der Waals surface area contributed by atoms with Crippen LogP contribution in [-0.2, 0) is 16.1 Å². The molecule has 1 fully saturated rings. The van der Waals surface area contributed by atoms with Gasteiger partial charge in [0.25, 0.3) is 0 Å². The SMILES string of the molecule is COc1ccc(CN2C(=O)CC(C)(C(C)C)C2=O)cc1N. The Labute approximate surface area is 125 Å². The van der Waals surface area contributed by atoms with Crippen molar-refractivity contribution in [2.45, 2.75) is 33.7 Å². The standard InChI is InChI=1S/C16H22N2O3/c1-10(2)16(3)8-14(19)18(15(16)20)9-11-5-6-13(21-4)12(17)7-11/h5-7,10H,8-9,17H2,1-4H3. The molecule has 0 spiro atoms. The van der Waals surface area contributed by atoms with Gasteiger partial charge < -0.3 is 10.5 Å². The van der Waals surface area contributed by atoms with Crippen LogP contribution in [0.5, 0.6) is 5.75 Å². The number of hydrogen-bond donors (Lipinski definition) is 1. The molecule has 1 aliphatic rings. The van der Waals surface area contributed by atoms with Crippen LogP contribution in [0.3, 0.4) is 0 Å². The number of carbonyl (C=O) groups excluding carboxylic acids is 2. The van der Waals surface area contributed by atoms with Gasteiger partial charge in [0, 0.05) is 6.42 Å². The van der Waals surface area contributed by atoms with Crippen molar-refractivity contribution < 1.29 is 14.3 Å². The van der Waals surface area contributed by atoms with Crippen LogP contribution >= 0.6 is 0 Å². The number of imide groups is 1. The topological polar surface area (TPSA) is 72.6 Å². The molecular weight excluding hydrogens is 268 g/mol. The molecule has 2 N–H and O–H groups in total. The number of rotatable bonds is 4. The van der Waals surface area contributed by atoms with E-state index in [0.29, 0.717) is 11.4 Å². The number of nitrogen functional groups attached to an aromatic ring is 1. The first-order valence-corrected chi connectivity index (χ1v) is 7.06. The fraction of sp³-hybridized carbons (Fsp3) is 0.500. The molecular formula is C16H22N2O3. The van der Waals surface area contributed by atoms with Crippen molar-refractivity contribution in [1.29, 1.82) is 0 Å². The molecule has 5 nitrogen and oxygen atoms in total. The van der Waals surface area contributed by atoms with Crippen molar-refractivity contribution in [3.05, 3.63) is 23.8 Å². The van der Waals surface area contributed by atoms with E-state index in [2.05, 4.69) is 0 Å². The lowest BCUT2D eigenvalue weighted by molar-refractivity contribution is -0.142. The van der Waals surface area contributed by atoms with Crippen LogP contribution in [0, 0.1) is 11.3 Å². The van der Waals surface area contributed by atoms with Gasteiger partial charge in [-0.05, 0) is 30.5 Å². The maximum Gasteiger partial charge on any atom is 0.236 e. The van der Waals surface area contributed by atoms with Crippen molar-refractivity contribution in [3.63, 3.8) is 0 Å². The highest BCUT2D eigenvalue weighted by molar-refractivity contribution is 6.05. The second-order valence-corrected chi connectivity index (χ2v) is 6.11. The second kappa shape index (κ2) is 5.39. The summed E-state index contributed by atoms with van der Waals surface area (Å²) in [6.07, 6.45) is 0.273. The molecule has 1 aromatic rings. The number of benzene rings is 1. The third-order valence-corrected chi connectivity index (χ3v) is 4.46. The Kier molecular flexibility index (Phi) is 3.94.